The fourth-order valence-corrected chi connectivity index (χ4v) is 10.6. The van der Waals surface area contributed by atoms with E-state index in [1.165, 1.54) is 22.3 Å². The standard InChI is InChI=1S/C51H49F3N6O7S2/c1-29(2)44(58-26-33-9-7-8-10-38(33)46(58)63)47(64)57-27-36(61)25-41(57)42(62)20-13-31-11-12-32(45-30(3)56-28-69-45)23-43(31)67-22-21-66-37-17-14-34(15-18-37)60-49(68)59(48(65)50(60,4)5)35-16-19-40(55-6)39(24-35)51(52,53)54/h7-12,14-19,23-24,28-29,36,41,44,61H,13,20-22,25-27H2,1-5H3/t36-,41-,44-/m0/s1. The van der Waals surface area contributed by atoms with Crippen molar-refractivity contribution in [2.45, 2.75) is 90.3 Å². The van der Waals surface area contributed by atoms with Crippen molar-refractivity contribution in [2.24, 2.45) is 5.92 Å². The van der Waals surface area contributed by atoms with Crippen LogP contribution in [0.15, 0.2) is 90.4 Å². The van der Waals surface area contributed by atoms with Crippen molar-refractivity contribution in [3.05, 3.63) is 130 Å². The van der Waals surface area contributed by atoms with Gasteiger partial charge >= 0.3 is 6.18 Å². The SMILES string of the molecule is [C-]#[N+]c1ccc(N2C(=O)C(C)(C)N(c3ccc(OCCOc4cc(-c5scnc5C)ccc4CCC(=O)[C@@H]4C[C@H](O)CN4C(=O)[C@H](C(C)C)N4Cc5ccccc5C4=O)cc3)C2=S)cc1C(F)(F)F. The number of ether oxygens (including phenoxy) is 2. The van der Waals surface area contributed by atoms with Crippen LogP contribution in [-0.2, 0) is 33.5 Å². The van der Waals surface area contributed by atoms with Gasteiger partial charge in [-0.15, -0.1) is 11.3 Å². The minimum absolute atomic E-state index is 0.00888. The first-order valence-electron chi connectivity index (χ1n) is 22.4. The molecule has 4 heterocycles. The number of thiocarbonyl (C=S) groups is 1. The summed E-state index contributed by atoms with van der Waals surface area (Å²) in [6.45, 7) is 16.6. The van der Waals surface area contributed by atoms with Crippen LogP contribution in [0.1, 0.15) is 73.3 Å². The molecule has 4 aromatic carbocycles. The van der Waals surface area contributed by atoms with Gasteiger partial charge in [0.15, 0.2) is 16.6 Å². The molecule has 0 bridgehead atoms. The predicted molar refractivity (Wildman–Crippen MR) is 258 cm³/mol. The first-order chi connectivity index (χ1) is 32.8. The van der Waals surface area contributed by atoms with E-state index in [-0.39, 0.29) is 79.9 Å². The summed E-state index contributed by atoms with van der Waals surface area (Å²) in [6, 6.07) is 21.1. The number of aliphatic hydroxyl groups excluding tert-OH is 1. The van der Waals surface area contributed by atoms with E-state index in [1.54, 1.807) is 65.6 Å². The second kappa shape index (κ2) is 19.4. The molecule has 1 N–H and O–H groups in total. The van der Waals surface area contributed by atoms with E-state index < -0.39 is 47.1 Å². The number of aliphatic hydroxyl groups is 1. The Morgan fingerprint density at radius 2 is 1.71 bits per heavy atom. The quantitative estimate of drug-likeness (QED) is 0.0615. The van der Waals surface area contributed by atoms with Gasteiger partial charge in [-0.1, -0.05) is 50.2 Å². The number of nitrogens with zero attached hydrogens (tertiary/aromatic N) is 6. The number of benzene rings is 4. The van der Waals surface area contributed by atoms with Gasteiger partial charge in [0, 0.05) is 42.9 Å². The highest BCUT2D eigenvalue weighted by atomic mass is 32.1. The molecule has 2 fully saturated rings. The molecular formula is C51H49F3N6O7S2. The number of hydrogen-bond donors (Lipinski definition) is 1. The van der Waals surface area contributed by atoms with Gasteiger partial charge in [0.1, 0.15) is 36.3 Å². The number of carbonyl (C=O) groups excluding carboxylic acids is 4. The molecule has 5 aromatic rings. The molecule has 3 atom stereocenters. The number of hydrogen-bond acceptors (Lipinski definition) is 10. The maximum absolute atomic E-state index is 14.3. The lowest BCUT2D eigenvalue weighted by atomic mass is 9.97. The van der Waals surface area contributed by atoms with E-state index in [1.807, 2.05) is 51.1 Å². The van der Waals surface area contributed by atoms with Crippen LogP contribution in [0.5, 0.6) is 11.5 Å². The zero-order chi connectivity index (χ0) is 49.5. The van der Waals surface area contributed by atoms with Gasteiger partial charge in [-0.3, -0.25) is 24.1 Å². The Morgan fingerprint density at radius 1 is 1.00 bits per heavy atom. The Kier molecular flexibility index (Phi) is 13.7. The molecule has 0 radical (unpaired) electrons. The summed E-state index contributed by atoms with van der Waals surface area (Å²) in [4.78, 5) is 69.5. The van der Waals surface area contributed by atoms with Crippen molar-refractivity contribution in [1.29, 1.82) is 0 Å². The summed E-state index contributed by atoms with van der Waals surface area (Å²) in [5.41, 5.74) is 3.02. The second-order valence-corrected chi connectivity index (χ2v) is 19.3. The highest BCUT2D eigenvalue weighted by Crippen LogP contribution is 2.42. The van der Waals surface area contributed by atoms with Crippen LogP contribution in [-0.4, -0.2) is 92.0 Å². The van der Waals surface area contributed by atoms with Crippen molar-refractivity contribution in [2.75, 3.05) is 29.6 Å². The number of aromatic nitrogens is 1. The molecule has 0 saturated carbocycles. The molecule has 8 rings (SSSR count). The van der Waals surface area contributed by atoms with E-state index in [2.05, 4.69) is 9.83 Å². The fraction of sp³-hybridized carbons (Fsp3) is 0.353. The Bertz CT molecular complexity index is 2880. The van der Waals surface area contributed by atoms with Gasteiger partial charge < -0.3 is 29.3 Å². The minimum Gasteiger partial charge on any atom is -0.490 e. The van der Waals surface area contributed by atoms with E-state index >= 15 is 0 Å². The number of halogens is 3. The van der Waals surface area contributed by atoms with Crippen molar-refractivity contribution in [3.8, 4) is 21.9 Å². The molecule has 2 saturated heterocycles. The van der Waals surface area contributed by atoms with Gasteiger partial charge in [0.25, 0.3) is 11.8 Å². The summed E-state index contributed by atoms with van der Waals surface area (Å²) in [5.74, 6) is -0.594. The number of rotatable bonds is 15. The molecule has 0 spiro atoms. The van der Waals surface area contributed by atoms with Gasteiger partial charge in [0.2, 0.25) is 5.91 Å². The summed E-state index contributed by atoms with van der Waals surface area (Å²) in [6.07, 6.45) is -5.27. The highest BCUT2D eigenvalue weighted by Gasteiger charge is 2.51. The summed E-state index contributed by atoms with van der Waals surface area (Å²) >= 11 is 7.17. The van der Waals surface area contributed by atoms with Crippen LogP contribution in [0.2, 0.25) is 0 Å². The number of carbonyl (C=O) groups is 4. The van der Waals surface area contributed by atoms with Crippen LogP contribution in [0.4, 0.5) is 30.2 Å². The van der Waals surface area contributed by atoms with Gasteiger partial charge in [0.05, 0.1) is 40.4 Å². The largest absolute Gasteiger partial charge is 0.490 e. The summed E-state index contributed by atoms with van der Waals surface area (Å²) < 4.78 is 53.9. The number of anilines is 2. The van der Waals surface area contributed by atoms with Gasteiger partial charge in [-0.2, -0.15) is 13.2 Å². The van der Waals surface area contributed by atoms with Crippen LogP contribution >= 0.6 is 23.6 Å². The number of fused-ring (bicyclic) bond motifs is 1. The van der Waals surface area contributed by atoms with E-state index in [0.29, 0.717) is 22.7 Å². The second-order valence-electron chi connectivity index (χ2n) is 18.1. The molecule has 0 unspecified atom stereocenters. The Hall–Kier alpha value is -6.68. The third-order valence-electron chi connectivity index (χ3n) is 12.8. The minimum atomic E-state index is -4.82. The molecule has 69 heavy (non-hydrogen) atoms. The van der Waals surface area contributed by atoms with E-state index in [9.17, 15) is 37.5 Å². The Morgan fingerprint density at radius 3 is 2.38 bits per heavy atom. The molecule has 3 amide bonds. The molecule has 1 aromatic heterocycles. The normalized spacial score (nSPS) is 18.2. The number of likely N-dealkylation sites (tertiary alicyclic amines) is 1. The average Bonchev–Trinajstić information content (AvgIpc) is 4.06. The topological polar surface area (TPSA) is 137 Å². The number of Topliss-reactive ketones (excluding diaryl/α,β-unsaturated/α-hetero) is 1. The number of ketones is 1. The van der Waals surface area contributed by atoms with Gasteiger partial charge in [-0.25, -0.2) is 9.83 Å². The van der Waals surface area contributed by atoms with Crippen LogP contribution in [0, 0.1) is 19.4 Å². The Labute approximate surface area is 406 Å². The number of amides is 3. The molecule has 3 aliphatic rings. The average molecular weight is 979 g/mol. The molecule has 13 nitrogen and oxygen atoms in total. The monoisotopic (exact) mass is 978 g/mol. The number of β-amino-alcohol motifs (C(OH)–C–C–N with tert-alkyl or cyclic N) is 1. The highest BCUT2D eigenvalue weighted by molar-refractivity contribution is 7.81. The summed E-state index contributed by atoms with van der Waals surface area (Å²) in [5, 5.41) is 10.8. The lowest BCUT2D eigenvalue weighted by Gasteiger charge is -2.35. The number of aryl methyl sites for hydroxylation is 2. The molecular weight excluding hydrogens is 930 g/mol. The first-order valence-corrected chi connectivity index (χ1v) is 23.7. The van der Waals surface area contributed by atoms with E-state index in [4.69, 9.17) is 28.3 Å². The lowest BCUT2D eigenvalue weighted by molar-refractivity contribution is -0.142. The molecule has 3 aliphatic heterocycles. The van der Waals surface area contributed by atoms with E-state index in [0.717, 1.165) is 44.3 Å². The van der Waals surface area contributed by atoms with Crippen LogP contribution < -0.4 is 19.3 Å². The van der Waals surface area contributed by atoms with Crippen molar-refractivity contribution in [3.63, 3.8) is 0 Å². The molecule has 18 heteroatoms. The predicted octanol–water partition coefficient (Wildman–Crippen LogP) is 9.21. The van der Waals surface area contributed by atoms with Gasteiger partial charge in [-0.05, 0) is 111 Å². The summed E-state index contributed by atoms with van der Waals surface area (Å²) in [7, 11) is 0. The van der Waals surface area contributed by atoms with Crippen molar-refractivity contribution < 1.29 is 46.9 Å². The van der Waals surface area contributed by atoms with Crippen LogP contribution in [0.3, 0.4) is 0 Å². The lowest BCUT2D eigenvalue weighted by Crippen LogP contribution is -2.54. The maximum atomic E-state index is 14.3. The first kappa shape index (κ1) is 48.8. The third-order valence-corrected chi connectivity index (χ3v) is 14.1. The fourth-order valence-electron chi connectivity index (χ4n) is 9.30. The number of alkyl halides is 3. The number of thiazole rings is 1. The van der Waals surface area contributed by atoms with Crippen molar-refractivity contribution >= 4 is 69.2 Å². The van der Waals surface area contributed by atoms with Crippen LogP contribution in [0.25, 0.3) is 15.3 Å². The zero-order valence-corrected chi connectivity index (χ0v) is 40.1. The molecule has 358 valence electrons. The Balaban J connectivity index is 0.927. The van der Waals surface area contributed by atoms with Crippen molar-refractivity contribution in [1.82, 2.24) is 14.8 Å². The maximum Gasteiger partial charge on any atom is 0.407 e. The zero-order valence-electron chi connectivity index (χ0n) is 38.4. The molecule has 0 aliphatic carbocycles. The smallest absolute Gasteiger partial charge is 0.407 e. The third kappa shape index (κ3) is 9.55.